The van der Waals surface area contributed by atoms with Gasteiger partial charge < -0.3 is 14.7 Å². The smallest absolute Gasteiger partial charge is 0.298 e. The van der Waals surface area contributed by atoms with Gasteiger partial charge in [0.05, 0.1) is 30.4 Å². The van der Waals surface area contributed by atoms with Gasteiger partial charge in [0.25, 0.3) is 5.69 Å². The number of hydrogen-bond acceptors (Lipinski definition) is 9. The Balaban J connectivity index is 1.72. The highest BCUT2D eigenvalue weighted by Crippen LogP contribution is 2.43. The SMILES string of the molecule is O=CN(CCOCCO)C1CCN1N1ONc2cccc([N+](=O)[O-])c21. The van der Waals surface area contributed by atoms with Crippen molar-refractivity contribution in [1.29, 1.82) is 0 Å². The maximum Gasteiger partial charge on any atom is 0.298 e. The molecule has 1 atom stereocenters. The monoisotopic (exact) mass is 353 g/mol. The summed E-state index contributed by atoms with van der Waals surface area (Å²) in [6, 6.07) is 4.65. The molecule has 3 rings (SSSR count). The highest BCUT2D eigenvalue weighted by molar-refractivity contribution is 5.80. The molecule has 1 saturated heterocycles. The first-order chi connectivity index (χ1) is 12.2. The second-order valence-corrected chi connectivity index (χ2v) is 5.51. The number of fused-ring (bicyclic) bond motifs is 1. The summed E-state index contributed by atoms with van der Waals surface area (Å²) in [6.07, 6.45) is 1.13. The minimum absolute atomic E-state index is 0.0790. The second-order valence-electron chi connectivity index (χ2n) is 5.51. The number of anilines is 2. The van der Waals surface area contributed by atoms with Crippen molar-refractivity contribution >= 4 is 23.5 Å². The summed E-state index contributed by atoms with van der Waals surface area (Å²) in [4.78, 5) is 29.1. The van der Waals surface area contributed by atoms with Gasteiger partial charge in [0.15, 0.2) is 5.69 Å². The number of nitro groups is 1. The molecule has 0 bridgehead atoms. The van der Waals surface area contributed by atoms with Crippen molar-refractivity contribution in [2.75, 3.05) is 43.6 Å². The minimum Gasteiger partial charge on any atom is -0.394 e. The fourth-order valence-corrected chi connectivity index (χ4v) is 2.80. The molecule has 11 heteroatoms. The number of carbonyl (C=O) groups excluding carboxylic acids is 1. The number of aliphatic hydroxyl groups excluding tert-OH is 1. The van der Waals surface area contributed by atoms with E-state index in [1.54, 1.807) is 17.1 Å². The summed E-state index contributed by atoms with van der Waals surface area (Å²) in [5.74, 6) is 0. The predicted molar refractivity (Wildman–Crippen MR) is 86.1 cm³/mol. The van der Waals surface area contributed by atoms with Crippen molar-refractivity contribution in [3.63, 3.8) is 0 Å². The van der Waals surface area contributed by atoms with E-state index in [2.05, 4.69) is 5.48 Å². The van der Waals surface area contributed by atoms with Crippen LogP contribution in [0.3, 0.4) is 0 Å². The number of para-hydroxylation sites is 1. The topological polar surface area (TPSA) is 121 Å². The molecular weight excluding hydrogens is 334 g/mol. The summed E-state index contributed by atoms with van der Waals surface area (Å²) in [7, 11) is 0. The zero-order valence-electron chi connectivity index (χ0n) is 13.4. The van der Waals surface area contributed by atoms with Crippen molar-refractivity contribution in [2.45, 2.75) is 12.6 Å². The third-order valence-electron chi connectivity index (χ3n) is 4.09. The van der Waals surface area contributed by atoms with E-state index in [1.807, 2.05) is 0 Å². The number of aliphatic hydroxyl groups is 1. The minimum atomic E-state index is -0.475. The van der Waals surface area contributed by atoms with Gasteiger partial charge in [0.2, 0.25) is 6.41 Å². The lowest BCUT2D eigenvalue weighted by molar-refractivity contribution is -0.384. The van der Waals surface area contributed by atoms with Crippen LogP contribution in [0, 0.1) is 10.1 Å². The fourth-order valence-electron chi connectivity index (χ4n) is 2.80. The molecule has 1 aromatic rings. The Labute approximate surface area is 143 Å². The molecule has 1 amide bonds. The van der Waals surface area contributed by atoms with Crippen molar-refractivity contribution in [2.24, 2.45) is 0 Å². The van der Waals surface area contributed by atoms with Gasteiger partial charge in [0.1, 0.15) is 6.17 Å². The van der Waals surface area contributed by atoms with E-state index < -0.39 is 4.92 Å². The standard InChI is InChI=1S/C14H19N5O6/c20-7-9-24-8-6-16(10-21)13-4-5-17(13)18-14-11(15-25-18)2-1-3-12(14)19(22)23/h1-3,10,13,15,20H,4-9H2. The molecule has 0 aromatic heterocycles. The van der Waals surface area contributed by atoms with Gasteiger partial charge >= 0.3 is 0 Å². The number of ether oxygens (including phenoxy) is 1. The van der Waals surface area contributed by atoms with Gasteiger partial charge in [-0.25, -0.2) is 5.48 Å². The predicted octanol–water partition coefficient (Wildman–Crippen LogP) is 0.0874. The molecule has 2 heterocycles. The van der Waals surface area contributed by atoms with Crippen molar-refractivity contribution in [3.05, 3.63) is 28.3 Å². The molecule has 1 aromatic carbocycles. The zero-order chi connectivity index (χ0) is 17.8. The van der Waals surface area contributed by atoms with Crippen molar-refractivity contribution < 1.29 is 24.5 Å². The molecule has 0 radical (unpaired) electrons. The van der Waals surface area contributed by atoms with E-state index in [9.17, 15) is 14.9 Å². The molecule has 11 nitrogen and oxygen atoms in total. The van der Waals surface area contributed by atoms with Crippen LogP contribution in [0.1, 0.15) is 6.42 Å². The first-order valence-corrected chi connectivity index (χ1v) is 7.84. The number of carbonyl (C=O) groups is 1. The van der Waals surface area contributed by atoms with Crippen LogP contribution in [0.25, 0.3) is 0 Å². The highest BCUT2D eigenvalue weighted by Gasteiger charge is 2.43. The number of rotatable bonds is 9. The van der Waals surface area contributed by atoms with Gasteiger partial charge in [-0.15, -0.1) is 10.1 Å². The Hall–Kier alpha value is -2.47. The molecule has 2 aliphatic rings. The molecular formula is C14H19N5O6. The first kappa shape index (κ1) is 17.4. The van der Waals surface area contributed by atoms with E-state index >= 15 is 0 Å². The van der Waals surface area contributed by atoms with E-state index in [0.717, 1.165) is 0 Å². The van der Waals surface area contributed by atoms with Crippen LogP contribution < -0.4 is 10.7 Å². The van der Waals surface area contributed by atoms with E-state index in [4.69, 9.17) is 14.8 Å². The maximum atomic E-state index is 11.4. The largest absolute Gasteiger partial charge is 0.394 e. The Morgan fingerprint density at radius 3 is 3.00 bits per heavy atom. The summed E-state index contributed by atoms with van der Waals surface area (Å²) in [6.45, 7) is 1.35. The second kappa shape index (κ2) is 7.61. The van der Waals surface area contributed by atoms with Gasteiger partial charge in [-0.2, -0.15) is 5.01 Å². The normalized spacial score (nSPS) is 19.1. The Bertz CT molecular complexity index is 644. The quantitative estimate of drug-likeness (QED) is 0.275. The van der Waals surface area contributed by atoms with Crippen LogP contribution in [-0.4, -0.2) is 65.4 Å². The number of hydrogen-bond donors (Lipinski definition) is 2. The number of nitro benzene ring substituents is 1. The highest BCUT2D eigenvalue weighted by atomic mass is 16.9. The lowest BCUT2D eigenvalue weighted by Crippen LogP contribution is -2.63. The number of hydrazine groups is 1. The fraction of sp³-hybridized carbons (Fsp3) is 0.500. The average molecular weight is 353 g/mol. The van der Waals surface area contributed by atoms with Crippen molar-refractivity contribution in [1.82, 2.24) is 9.91 Å². The van der Waals surface area contributed by atoms with Crippen LogP contribution in [0.5, 0.6) is 0 Å². The third kappa shape index (κ3) is 3.35. The average Bonchev–Trinajstić information content (AvgIpc) is 3.00. The summed E-state index contributed by atoms with van der Waals surface area (Å²) in [5, 5.41) is 23.0. The van der Waals surface area contributed by atoms with Crippen molar-refractivity contribution in [3.8, 4) is 0 Å². The summed E-state index contributed by atoms with van der Waals surface area (Å²) < 4.78 is 5.19. The van der Waals surface area contributed by atoms with E-state index in [0.29, 0.717) is 43.9 Å². The van der Waals surface area contributed by atoms with Crippen LogP contribution >= 0.6 is 0 Å². The molecule has 2 aliphatic heterocycles. The van der Waals surface area contributed by atoms with Gasteiger partial charge in [-0.05, 0) is 12.5 Å². The molecule has 0 saturated carbocycles. The van der Waals surface area contributed by atoms with E-state index in [-0.39, 0.29) is 25.1 Å². The van der Waals surface area contributed by atoms with Crippen LogP contribution in [0.15, 0.2) is 18.2 Å². The number of benzene rings is 1. The molecule has 2 N–H and O–H groups in total. The molecule has 1 fully saturated rings. The maximum absolute atomic E-state index is 11.4. The Kier molecular flexibility index (Phi) is 5.28. The molecule has 0 aliphatic carbocycles. The lowest BCUT2D eigenvalue weighted by Gasteiger charge is -2.48. The molecule has 25 heavy (non-hydrogen) atoms. The number of nitrogens with zero attached hydrogens (tertiary/aromatic N) is 4. The van der Waals surface area contributed by atoms with Gasteiger partial charge in [-0.1, -0.05) is 6.07 Å². The Morgan fingerprint density at radius 2 is 2.36 bits per heavy atom. The van der Waals surface area contributed by atoms with Gasteiger partial charge in [-0.3, -0.25) is 14.9 Å². The summed E-state index contributed by atoms with van der Waals surface area (Å²) >= 11 is 0. The van der Waals surface area contributed by atoms with Gasteiger partial charge in [0, 0.05) is 19.2 Å². The Morgan fingerprint density at radius 1 is 1.52 bits per heavy atom. The molecule has 136 valence electrons. The molecule has 1 unspecified atom stereocenters. The van der Waals surface area contributed by atoms with E-state index in [1.165, 1.54) is 16.1 Å². The zero-order valence-corrected chi connectivity index (χ0v) is 13.4. The summed E-state index contributed by atoms with van der Waals surface area (Å²) in [5.41, 5.74) is 3.36. The molecule has 0 spiro atoms. The van der Waals surface area contributed by atoms with Crippen LogP contribution in [0.4, 0.5) is 17.1 Å². The lowest BCUT2D eigenvalue weighted by atomic mass is 10.1. The van der Waals surface area contributed by atoms with Crippen LogP contribution in [-0.2, 0) is 14.5 Å². The van der Waals surface area contributed by atoms with Crippen LogP contribution in [0.2, 0.25) is 0 Å². The third-order valence-corrected chi connectivity index (χ3v) is 4.09. The number of nitrogens with one attached hydrogen (secondary N) is 1. The number of amides is 1. The first-order valence-electron chi connectivity index (χ1n) is 7.84.